The molecule has 1 amide bonds. The molecule has 1 N–H and O–H groups in total. The number of nitro benzene ring substituents is 1. The summed E-state index contributed by atoms with van der Waals surface area (Å²) >= 11 is 3.40. The number of carbonyl (C=O) groups excluding carboxylic acids is 1. The molecule has 1 heterocycles. The molecule has 0 radical (unpaired) electrons. The van der Waals surface area contributed by atoms with Gasteiger partial charge >= 0.3 is 6.09 Å². The first kappa shape index (κ1) is 18.5. The van der Waals surface area contributed by atoms with Gasteiger partial charge in [0.15, 0.2) is 0 Å². The van der Waals surface area contributed by atoms with Gasteiger partial charge in [0.1, 0.15) is 11.3 Å². The van der Waals surface area contributed by atoms with E-state index in [2.05, 4.69) is 21.2 Å². The molecule has 1 aromatic carbocycles. The van der Waals surface area contributed by atoms with Gasteiger partial charge in [0, 0.05) is 29.7 Å². The lowest BCUT2D eigenvalue weighted by Gasteiger charge is -2.34. The van der Waals surface area contributed by atoms with Gasteiger partial charge in [-0.15, -0.1) is 0 Å². The third kappa shape index (κ3) is 4.83. The van der Waals surface area contributed by atoms with E-state index in [0.717, 1.165) is 0 Å². The number of halogens is 1. The summed E-state index contributed by atoms with van der Waals surface area (Å²) in [5.41, 5.74) is 0.154. The number of rotatable bonds is 3. The van der Waals surface area contributed by atoms with Crippen molar-refractivity contribution in [3.05, 3.63) is 32.8 Å². The molecule has 0 aliphatic carbocycles. The van der Waals surface area contributed by atoms with Gasteiger partial charge in [0.05, 0.1) is 4.92 Å². The second kappa shape index (κ2) is 7.38. The molecule has 7 nitrogen and oxygen atoms in total. The standard InChI is InChI=1S/C16H22BrN3O4/c1-16(2,3)24-15(21)18-11-7-9-19(10-8-11)14-12(17)5-4-6-13(14)20(22)23/h4-6,11H,7-10H2,1-3H3,(H,18,21). The first-order valence-electron chi connectivity index (χ1n) is 7.85. The Morgan fingerprint density at radius 3 is 2.54 bits per heavy atom. The number of nitrogens with one attached hydrogen (secondary N) is 1. The first-order valence-corrected chi connectivity index (χ1v) is 8.64. The van der Waals surface area contributed by atoms with Gasteiger partial charge < -0.3 is 15.0 Å². The predicted molar refractivity (Wildman–Crippen MR) is 95.4 cm³/mol. The van der Waals surface area contributed by atoms with Crippen LogP contribution in [0.1, 0.15) is 33.6 Å². The summed E-state index contributed by atoms with van der Waals surface area (Å²) in [6.07, 6.45) is 0.989. The van der Waals surface area contributed by atoms with E-state index in [1.807, 2.05) is 25.7 Å². The second-order valence-corrected chi connectivity index (χ2v) is 7.63. The van der Waals surface area contributed by atoms with Crippen molar-refractivity contribution in [2.75, 3.05) is 18.0 Å². The summed E-state index contributed by atoms with van der Waals surface area (Å²) in [5.74, 6) is 0. The number of piperidine rings is 1. The second-order valence-electron chi connectivity index (χ2n) is 6.77. The van der Waals surface area contributed by atoms with Crippen molar-refractivity contribution in [2.45, 2.75) is 45.3 Å². The molecule has 24 heavy (non-hydrogen) atoms. The zero-order chi connectivity index (χ0) is 17.9. The number of nitrogens with zero attached hydrogens (tertiary/aromatic N) is 2. The van der Waals surface area contributed by atoms with Crippen LogP contribution >= 0.6 is 15.9 Å². The number of benzene rings is 1. The molecule has 0 aromatic heterocycles. The zero-order valence-corrected chi connectivity index (χ0v) is 15.6. The van der Waals surface area contributed by atoms with Crippen LogP contribution in [-0.2, 0) is 4.74 Å². The van der Waals surface area contributed by atoms with Gasteiger partial charge in [0.25, 0.3) is 5.69 Å². The van der Waals surface area contributed by atoms with E-state index >= 15 is 0 Å². The zero-order valence-electron chi connectivity index (χ0n) is 14.0. The summed E-state index contributed by atoms with van der Waals surface area (Å²) < 4.78 is 5.97. The molecule has 1 fully saturated rings. The first-order chi connectivity index (χ1) is 11.2. The number of alkyl carbamates (subject to hydrolysis) is 1. The Morgan fingerprint density at radius 1 is 1.38 bits per heavy atom. The van der Waals surface area contributed by atoms with E-state index in [0.29, 0.717) is 36.1 Å². The van der Waals surface area contributed by atoms with Gasteiger partial charge in [-0.2, -0.15) is 0 Å². The van der Waals surface area contributed by atoms with Crippen molar-refractivity contribution in [3.8, 4) is 0 Å². The van der Waals surface area contributed by atoms with Crippen molar-refractivity contribution in [3.63, 3.8) is 0 Å². The van der Waals surface area contributed by atoms with Gasteiger partial charge in [0.2, 0.25) is 0 Å². The molecule has 1 aliphatic heterocycles. The molecule has 8 heteroatoms. The van der Waals surface area contributed by atoms with Crippen LogP contribution in [0.4, 0.5) is 16.2 Å². The van der Waals surface area contributed by atoms with Crippen molar-refractivity contribution in [1.82, 2.24) is 5.32 Å². The maximum Gasteiger partial charge on any atom is 0.407 e. The minimum absolute atomic E-state index is 0.0117. The third-order valence-electron chi connectivity index (χ3n) is 3.69. The monoisotopic (exact) mass is 399 g/mol. The van der Waals surface area contributed by atoms with Gasteiger partial charge in [-0.05, 0) is 55.6 Å². The van der Waals surface area contributed by atoms with Crippen LogP contribution in [0.3, 0.4) is 0 Å². The molecule has 0 bridgehead atoms. The van der Waals surface area contributed by atoms with E-state index in [4.69, 9.17) is 4.74 Å². The number of nitro groups is 1. The summed E-state index contributed by atoms with van der Waals surface area (Å²) in [5, 5.41) is 14.1. The number of hydrogen-bond donors (Lipinski definition) is 1. The fourth-order valence-corrected chi connectivity index (χ4v) is 3.29. The average Bonchev–Trinajstić information content (AvgIpc) is 2.46. The quantitative estimate of drug-likeness (QED) is 0.616. The maximum absolute atomic E-state index is 11.8. The Morgan fingerprint density at radius 2 is 2.00 bits per heavy atom. The van der Waals surface area contributed by atoms with Crippen LogP contribution in [0.5, 0.6) is 0 Å². The summed E-state index contributed by atoms with van der Waals surface area (Å²) in [4.78, 5) is 24.7. The Hall–Kier alpha value is -1.83. The van der Waals surface area contributed by atoms with Crippen LogP contribution in [0.2, 0.25) is 0 Å². The highest BCUT2D eigenvalue weighted by Gasteiger charge is 2.28. The predicted octanol–water partition coefficient (Wildman–Crippen LogP) is 3.85. The minimum atomic E-state index is -0.527. The van der Waals surface area contributed by atoms with Crippen LogP contribution in [0, 0.1) is 10.1 Å². The van der Waals surface area contributed by atoms with Crippen LogP contribution in [0.15, 0.2) is 22.7 Å². The van der Waals surface area contributed by atoms with Crippen LogP contribution in [0.25, 0.3) is 0 Å². The number of anilines is 1. The summed E-state index contributed by atoms with van der Waals surface area (Å²) in [6.45, 7) is 6.72. The molecule has 1 aliphatic rings. The maximum atomic E-state index is 11.8. The summed E-state index contributed by atoms with van der Waals surface area (Å²) in [6, 6.07) is 4.97. The highest BCUT2D eigenvalue weighted by Crippen LogP contribution is 2.37. The fraction of sp³-hybridized carbons (Fsp3) is 0.562. The van der Waals surface area contributed by atoms with Crippen molar-refractivity contribution < 1.29 is 14.5 Å². The normalized spacial score (nSPS) is 15.9. The van der Waals surface area contributed by atoms with Gasteiger partial charge in [-0.3, -0.25) is 10.1 Å². The van der Waals surface area contributed by atoms with E-state index in [9.17, 15) is 14.9 Å². The van der Waals surface area contributed by atoms with E-state index in [1.165, 1.54) is 6.07 Å². The summed E-state index contributed by atoms with van der Waals surface area (Å²) in [7, 11) is 0. The molecular weight excluding hydrogens is 378 g/mol. The SMILES string of the molecule is CC(C)(C)OC(=O)NC1CCN(c2c(Br)cccc2[N+](=O)[O-])CC1. The molecule has 0 saturated carbocycles. The van der Waals surface area contributed by atoms with Crippen LogP contribution < -0.4 is 10.2 Å². The Labute approximate surface area is 149 Å². The molecule has 0 spiro atoms. The van der Waals surface area contributed by atoms with Crippen LogP contribution in [-0.4, -0.2) is 35.7 Å². The Bertz CT molecular complexity index is 622. The number of hydrogen-bond acceptors (Lipinski definition) is 5. The number of ether oxygens (including phenoxy) is 1. The smallest absolute Gasteiger partial charge is 0.407 e. The largest absolute Gasteiger partial charge is 0.444 e. The molecular formula is C16H22BrN3O4. The Kier molecular flexibility index (Phi) is 5.69. The fourth-order valence-electron chi connectivity index (χ4n) is 2.69. The van der Waals surface area contributed by atoms with Gasteiger partial charge in [-0.25, -0.2) is 4.79 Å². The van der Waals surface area contributed by atoms with Crippen molar-refractivity contribution >= 4 is 33.4 Å². The van der Waals surface area contributed by atoms with Gasteiger partial charge in [-0.1, -0.05) is 6.07 Å². The highest BCUT2D eigenvalue weighted by atomic mass is 79.9. The number of carbonyl (C=O) groups is 1. The number of amides is 1. The topological polar surface area (TPSA) is 84.7 Å². The van der Waals surface area contributed by atoms with Crippen molar-refractivity contribution in [2.24, 2.45) is 0 Å². The molecule has 2 rings (SSSR count). The molecule has 0 unspecified atom stereocenters. The lowest BCUT2D eigenvalue weighted by Crippen LogP contribution is -2.46. The lowest BCUT2D eigenvalue weighted by atomic mass is 10.0. The Balaban J connectivity index is 1.99. The molecule has 0 atom stereocenters. The molecule has 1 saturated heterocycles. The van der Waals surface area contributed by atoms with E-state index < -0.39 is 11.7 Å². The minimum Gasteiger partial charge on any atom is -0.444 e. The molecule has 132 valence electrons. The van der Waals surface area contributed by atoms with Crippen molar-refractivity contribution in [1.29, 1.82) is 0 Å². The number of para-hydroxylation sites is 1. The van der Waals surface area contributed by atoms with E-state index in [1.54, 1.807) is 12.1 Å². The lowest BCUT2D eigenvalue weighted by molar-refractivity contribution is -0.384. The van der Waals surface area contributed by atoms with E-state index in [-0.39, 0.29) is 16.7 Å². The average molecular weight is 400 g/mol. The molecule has 1 aromatic rings. The third-order valence-corrected chi connectivity index (χ3v) is 4.33. The highest BCUT2D eigenvalue weighted by molar-refractivity contribution is 9.10.